The molecule has 1 aliphatic rings. The first-order valence-corrected chi connectivity index (χ1v) is 14.4. The zero-order valence-corrected chi connectivity index (χ0v) is 22.6. The van der Waals surface area contributed by atoms with Gasteiger partial charge in [0, 0.05) is 29.8 Å². The third-order valence-corrected chi connectivity index (χ3v) is 8.63. The number of thioether (sulfide) groups is 1. The van der Waals surface area contributed by atoms with E-state index in [2.05, 4.69) is 11.4 Å². The first-order chi connectivity index (χ1) is 19.0. The zero-order chi connectivity index (χ0) is 27.2. The number of aliphatic hydroxyl groups is 1. The molecule has 1 aromatic heterocycles. The fraction of sp³-hybridized carbons (Fsp3) is 0.276. The molecule has 10 heteroatoms. The first-order valence-electron chi connectivity index (χ1n) is 12.6. The van der Waals surface area contributed by atoms with Gasteiger partial charge in [-0.25, -0.2) is 4.98 Å². The minimum atomic E-state index is -1.01. The Hall–Kier alpha value is -3.28. The van der Waals surface area contributed by atoms with Crippen molar-refractivity contribution in [2.75, 3.05) is 11.1 Å². The van der Waals surface area contributed by atoms with Gasteiger partial charge in [-0.2, -0.15) is 0 Å². The monoisotopic (exact) mass is 564 g/mol. The second kappa shape index (κ2) is 12.7. The highest BCUT2D eigenvalue weighted by atomic mass is 32.2. The molecule has 0 bridgehead atoms. The van der Waals surface area contributed by atoms with E-state index < -0.39 is 12.3 Å². The Bertz CT molecular complexity index is 1390. The lowest BCUT2D eigenvalue weighted by atomic mass is 10.0. The molecule has 202 valence electrons. The van der Waals surface area contributed by atoms with Crippen molar-refractivity contribution in [2.24, 2.45) is 0 Å². The average molecular weight is 565 g/mol. The molecule has 4 aromatic rings. The molecule has 2 heterocycles. The number of hydrogen-bond donors (Lipinski definition) is 3. The van der Waals surface area contributed by atoms with Gasteiger partial charge in [0.05, 0.1) is 35.5 Å². The van der Waals surface area contributed by atoms with Gasteiger partial charge in [0.15, 0.2) is 10.6 Å². The van der Waals surface area contributed by atoms with Crippen molar-refractivity contribution in [3.8, 4) is 0 Å². The highest BCUT2D eigenvalue weighted by Crippen LogP contribution is 2.40. The van der Waals surface area contributed by atoms with Crippen LogP contribution in [0.3, 0.4) is 0 Å². The number of nitrogens with one attached hydrogen (secondary N) is 1. The number of carboxylic acids is 1. The zero-order valence-electron chi connectivity index (χ0n) is 21.0. The van der Waals surface area contributed by atoms with Gasteiger partial charge in [0.2, 0.25) is 5.91 Å². The van der Waals surface area contributed by atoms with Gasteiger partial charge in [-0.05, 0) is 35.4 Å². The van der Waals surface area contributed by atoms with Crippen LogP contribution in [-0.4, -0.2) is 38.9 Å². The molecule has 3 N–H and O–H groups in total. The van der Waals surface area contributed by atoms with Gasteiger partial charge in [-0.15, -0.1) is 11.3 Å². The van der Waals surface area contributed by atoms with Crippen molar-refractivity contribution in [2.45, 2.75) is 48.7 Å². The molecule has 1 saturated heterocycles. The van der Waals surface area contributed by atoms with Gasteiger partial charge in [0.1, 0.15) is 0 Å². The second-order valence-corrected chi connectivity index (χ2v) is 11.5. The summed E-state index contributed by atoms with van der Waals surface area (Å²) in [6.45, 7) is -0.0157. The fourth-order valence-corrected chi connectivity index (χ4v) is 6.38. The van der Waals surface area contributed by atoms with E-state index in [-0.39, 0.29) is 37.6 Å². The number of fused-ring (bicyclic) bond motifs is 1. The molecule has 3 aromatic carbocycles. The molecule has 8 nitrogen and oxygen atoms in total. The van der Waals surface area contributed by atoms with Crippen LogP contribution in [-0.2, 0) is 25.7 Å². The smallest absolute Gasteiger partial charge is 0.303 e. The van der Waals surface area contributed by atoms with E-state index in [0.717, 1.165) is 31.2 Å². The van der Waals surface area contributed by atoms with Crippen LogP contribution in [0.2, 0.25) is 0 Å². The Morgan fingerprint density at radius 2 is 1.72 bits per heavy atom. The number of aromatic nitrogens is 1. The highest BCUT2D eigenvalue weighted by Gasteiger charge is 2.32. The van der Waals surface area contributed by atoms with Crippen molar-refractivity contribution >= 4 is 50.9 Å². The summed E-state index contributed by atoms with van der Waals surface area (Å²) in [6.07, 6.45) is -0.544. The van der Waals surface area contributed by atoms with E-state index in [1.165, 1.54) is 0 Å². The number of amides is 1. The van der Waals surface area contributed by atoms with Crippen LogP contribution in [0.25, 0.3) is 10.2 Å². The maximum Gasteiger partial charge on any atom is 0.303 e. The number of nitrogens with zero attached hydrogens (tertiary/aromatic N) is 1. The number of aliphatic carboxylic acids is 1. The van der Waals surface area contributed by atoms with Crippen molar-refractivity contribution < 1.29 is 29.3 Å². The predicted octanol–water partition coefficient (Wildman–Crippen LogP) is 5.93. The van der Waals surface area contributed by atoms with Crippen molar-refractivity contribution in [1.82, 2.24) is 4.98 Å². The van der Waals surface area contributed by atoms with Crippen molar-refractivity contribution in [1.29, 1.82) is 0 Å². The van der Waals surface area contributed by atoms with E-state index in [9.17, 15) is 14.7 Å². The third-order valence-electron chi connectivity index (χ3n) is 6.31. The maximum absolute atomic E-state index is 12.0. The molecule has 1 fully saturated rings. The van der Waals surface area contributed by atoms with Gasteiger partial charge in [-0.1, -0.05) is 60.3 Å². The number of thiazole rings is 1. The summed E-state index contributed by atoms with van der Waals surface area (Å²) in [5.41, 5.74) is 4.23. The number of anilines is 1. The summed E-state index contributed by atoms with van der Waals surface area (Å²) >= 11 is 3.34. The van der Waals surface area contributed by atoms with Gasteiger partial charge in [-0.3, -0.25) is 9.59 Å². The predicted molar refractivity (Wildman–Crippen MR) is 151 cm³/mol. The lowest BCUT2D eigenvalue weighted by Crippen LogP contribution is -2.31. The lowest BCUT2D eigenvalue weighted by molar-refractivity contribution is -0.245. The molecule has 3 atom stereocenters. The summed E-state index contributed by atoms with van der Waals surface area (Å²) in [6, 6.07) is 23.0. The summed E-state index contributed by atoms with van der Waals surface area (Å²) in [5, 5.41) is 20.9. The number of ether oxygens (including phenoxy) is 2. The quantitative estimate of drug-likeness (QED) is 0.203. The molecular weight excluding hydrogens is 536 g/mol. The number of benzene rings is 3. The Morgan fingerprint density at radius 3 is 2.44 bits per heavy atom. The Labute approximate surface area is 234 Å². The van der Waals surface area contributed by atoms with E-state index >= 15 is 0 Å². The van der Waals surface area contributed by atoms with E-state index in [0.29, 0.717) is 17.9 Å². The van der Waals surface area contributed by atoms with Gasteiger partial charge in [0.25, 0.3) is 0 Å². The van der Waals surface area contributed by atoms with Gasteiger partial charge < -0.3 is 25.0 Å². The van der Waals surface area contributed by atoms with Crippen LogP contribution in [0.5, 0.6) is 0 Å². The fourth-order valence-electron chi connectivity index (χ4n) is 4.27. The lowest BCUT2D eigenvalue weighted by Gasteiger charge is -2.36. The molecule has 1 aliphatic heterocycles. The minimum absolute atomic E-state index is 0.0157. The summed E-state index contributed by atoms with van der Waals surface area (Å²) in [5.74, 6) is -0.653. The SMILES string of the molecule is O=C(O)CCC(=O)Nc1ccc([C@H]2O[C@@H](CSc3nc4ccccc4s3)C[C@@H](c3ccc(CO)cc3)O2)cc1. The molecule has 1 amide bonds. The van der Waals surface area contributed by atoms with Crippen LogP contribution in [0.1, 0.15) is 48.3 Å². The first kappa shape index (κ1) is 27.3. The standard InChI is InChI=1S/C29H28N2O6S2/c32-16-18-5-7-19(8-6-18)24-15-22(17-38-29-31-23-3-1-2-4-25(23)39-29)36-28(37-24)20-9-11-21(12-10-20)30-26(33)13-14-27(34)35/h1-12,22,24,28,32H,13-17H2,(H,30,33)(H,34,35)/t22-,24+,28+/m1/s1. The summed E-state index contributed by atoms with van der Waals surface area (Å²) < 4.78 is 14.9. The summed E-state index contributed by atoms with van der Waals surface area (Å²) in [7, 11) is 0. The number of rotatable bonds is 10. The topological polar surface area (TPSA) is 118 Å². The Morgan fingerprint density at radius 1 is 0.974 bits per heavy atom. The molecule has 0 aliphatic carbocycles. The van der Waals surface area contributed by atoms with Crippen molar-refractivity contribution in [3.05, 3.63) is 89.5 Å². The van der Waals surface area contributed by atoms with E-state index in [4.69, 9.17) is 19.6 Å². The van der Waals surface area contributed by atoms with Crippen LogP contribution in [0, 0.1) is 0 Å². The normalized spacial score (nSPS) is 19.2. The highest BCUT2D eigenvalue weighted by molar-refractivity contribution is 8.01. The molecular formula is C29H28N2O6S2. The Balaban J connectivity index is 1.29. The number of carboxylic acid groups (broad SMARTS) is 1. The largest absolute Gasteiger partial charge is 0.481 e. The molecule has 0 unspecified atom stereocenters. The molecule has 39 heavy (non-hydrogen) atoms. The third kappa shape index (κ3) is 7.23. The number of para-hydroxylation sites is 1. The average Bonchev–Trinajstić information content (AvgIpc) is 3.38. The second-order valence-electron chi connectivity index (χ2n) is 9.17. The van der Waals surface area contributed by atoms with E-state index in [1.54, 1.807) is 35.2 Å². The molecule has 5 rings (SSSR count). The van der Waals surface area contributed by atoms with Crippen LogP contribution < -0.4 is 5.32 Å². The number of hydrogen-bond acceptors (Lipinski definition) is 8. The Kier molecular flexibility index (Phi) is 8.90. The number of aliphatic hydroxyl groups excluding tert-OH is 1. The number of carbonyl (C=O) groups excluding carboxylic acids is 1. The van der Waals surface area contributed by atoms with Crippen molar-refractivity contribution in [3.63, 3.8) is 0 Å². The van der Waals surface area contributed by atoms with Gasteiger partial charge >= 0.3 is 5.97 Å². The molecule has 0 radical (unpaired) electrons. The molecule has 0 saturated carbocycles. The minimum Gasteiger partial charge on any atom is -0.481 e. The number of carbonyl (C=O) groups is 2. The van der Waals surface area contributed by atoms with Crippen LogP contribution >= 0.6 is 23.1 Å². The van der Waals surface area contributed by atoms with E-state index in [1.807, 2.05) is 54.6 Å². The maximum atomic E-state index is 12.0. The molecule has 0 spiro atoms. The van der Waals surface area contributed by atoms with Crippen LogP contribution in [0.4, 0.5) is 5.69 Å². The summed E-state index contributed by atoms with van der Waals surface area (Å²) in [4.78, 5) is 27.4. The van der Waals surface area contributed by atoms with Crippen LogP contribution in [0.15, 0.2) is 77.1 Å².